The standard InChI is InChI=1S/C50H91NO5/c1-3-5-7-9-11-13-15-17-20-24-28-32-36-40-44-50(55)56-45-41-37-33-29-25-21-18-19-23-27-31-35-39-43-49(54)51-47(46-52)48(53)42-38-34-30-26-22-16-14-12-10-8-6-4-2/h9,11,15,17,19,23,38,42,47-48,52-53H,3-8,10,12-14,16,18,20-22,24-37,39-41,43-46H2,1-2H3,(H,51,54)/b11-9-,17-15-,23-19-,42-38+. The minimum Gasteiger partial charge on any atom is -0.466 e. The largest absolute Gasteiger partial charge is 0.466 e. The number of aliphatic hydroxyl groups excluding tert-OH is 2. The molecule has 0 fully saturated rings. The molecule has 3 N–H and O–H groups in total. The Balaban J connectivity index is 3.55. The van der Waals surface area contributed by atoms with Crippen LogP contribution in [0.25, 0.3) is 0 Å². The minimum atomic E-state index is -0.861. The zero-order chi connectivity index (χ0) is 40.8. The maximum absolute atomic E-state index is 12.4. The lowest BCUT2D eigenvalue weighted by atomic mass is 10.1. The van der Waals surface area contributed by atoms with Gasteiger partial charge in [-0.2, -0.15) is 0 Å². The number of unbranched alkanes of at least 4 members (excludes halogenated alkanes) is 26. The van der Waals surface area contributed by atoms with Crippen molar-refractivity contribution in [1.29, 1.82) is 0 Å². The summed E-state index contributed by atoms with van der Waals surface area (Å²) in [6.45, 7) is 4.78. The van der Waals surface area contributed by atoms with Gasteiger partial charge in [-0.1, -0.05) is 184 Å². The molecule has 6 heteroatoms. The van der Waals surface area contributed by atoms with Crippen molar-refractivity contribution in [3.05, 3.63) is 48.6 Å². The fourth-order valence-electron chi connectivity index (χ4n) is 6.82. The fraction of sp³-hybridized carbons (Fsp3) is 0.800. The monoisotopic (exact) mass is 786 g/mol. The van der Waals surface area contributed by atoms with Crippen LogP contribution in [0, 0.1) is 0 Å². The van der Waals surface area contributed by atoms with Gasteiger partial charge in [0.25, 0.3) is 0 Å². The average molecular weight is 786 g/mol. The number of ether oxygens (including phenoxy) is 1. The van der Waals surface area contributed by atoms with Gasteiger partial charge in [0.05, 0.1) is 25.4 Å². The predicted molar refractivity (Wildman–Crippen MR) is 241 cm³/mol. The normalized spacial score (nSPS) is 13.1. The third kappa shape index (κ3) is 41.5. The first-order valence-electron chi connectivity index (χ1n) is 23.9. The Morgan fingerprint density at radius 1 is 0.500 bits per heavy atom. The molecule has 6 nitrogen and oxygen atoms in total. The van der Waals surface area contributed by atoms with Crippen molar-refractivity contribution in [1.82, 2.24) is 5.32 Å². The van der Waals surface area contributed by atoms with Crippen molar-refractivity contribution in [2.45, 2.75) is 244 Å². The molecule has 0 aliphatic rings. The van der Waals surface area contributed by atoms with E-state index >= 15 is 0 Å². The Kier molecular flexibility index (Phi) is 43.7. The molecule has 0 heterocycles. The summed E-state index contributed by atoms with van der Waals surface area (Å²) in [6.07, 6.45) is 55.3. The van der Waals surface area contributed by atoms with Crippen molar-refractivity contribution in [3.63, 3.8) is 0 Å². The Morgan fingerprint density at radius 2 is 0.911 bits per heavy atom. The molecule has 0 aliphatic heterocycles. The lowest BCUT2D eigenvalue weighted by Crippen LogP contribution is -2.45. The Bertz CT molecular complexity index is 957. The van der Waals surface area contributed by atoms with E-state index in [1.807, 2.05) is 6.08 Å². The van der Waals surface area contributed by atoms with Gasteiger partial charge in [-0.15, -0.1) is 0 Å². The number of carbonyl (C=O) groups is 2. The van der Waals surface area contributed by atoms with Gasteiger partial charge >= 0.3 is 5.97 Å². The molecule has 0 aromatic heterocycles. The van der Waals surface area contributed by atoms with Gasteiger partial charge in [0.2, 0.25) is 5.91 Å². The van der Waals surface area contributed by atoms with Gasteiger partial charge in [-0.3, -0.25) is 9.59 Å². The minimum absolute atomic E-state index is 0.0300. The average Bonchev–Trinajstić information content (AvgIpc) is 3.20. The first-order valence-corrected chi connectivity index (χ1v) is 23.9. The smallest absolute Gasteiger partial charge is 0.305 e. The number of esters is 1. The molecule has 1 amide bonds. The summed E-state index contributed by atoms with van der Waals surface area (Å²) in [5, 5.41) is 22.9. The zero-order valence-corrected chi connectivity index (χ0v) is 36.8. The molecule has 0 radical (unpaired) electrons. The molecule has 0 spiro atoms. The van der Waals surface area contributed by atoms with Crippen LogP contribution in [0.2, 0.25) is 0 Å². The third-order valence-electron chi connectivity index (χ3n) is 10.6. The molecule has 2 atom stereocenters. The van der Waals surface area contributed by atoms with E-state index in [0.29, 0.717) is 19.4 Å². The molecule has 0 saturated carbocycles. The summed E-state index contributed by atoms with van der Waals surface area (Å²) in [4.78, 5) is 24.4. The van der Waals surface area contributed by atoms with Crippen LogP contribution in [0.5, 0.6) is 0 Å². The van der Waals surface area contributed by atoms with E-state index in [9.17, 15) is 19.8 Å². The third-order valence-corrected chi connectivity index (χ3v) is 10.6. The topological polar surface area (TPSA) is 95.9 Å². The fourth-order valence-corrected chi connectivity index (χ4v) is 6.82. The number of hydrogen-bond acceptors (Lipinski definition) is 5. The van der Waals surface area contributed by atoms with E-state index in [-0.39, 0.29) is 18.5 Å². The summed E-state index contributed by atoms with van der Waals surface area (Å²) < 4.78 is 5.44. The van der Waals surface area contributed by atoms with Crippen LogP contribution in [-0.4, -0.2) is 47.4 Å². The number of allylic oxidation sites excluding steroid dienone is 7. The molecule has 0 aromatic rings. The Hall–Kier alpha value is -2.18. The second kappa shape index (κ2) is 45.5. The highest BCUT2D eigenvalue weighted by Crippen LogP contribution is 2.13. The zero-order valence-electron chi connectivity index (χ0n) is 36.8. The Morgan fingerprint density at radius 3 is 1.45 bits per heavy atom. The summed E-state index contributed by atoms with van der Waals surface area (Å²) in [6, 6.07) is -0.648. The molecule has 56 heavy (non-hydrogen) atoms. The summed E-state index contributed by atoms with van der Waals surface area (Å²) >= 11 is 0. The highest BCUT2D eigenvalue weighted by Gasteiger charge is 2.18. The molecule has 0 aliphatic carbocycles. The predicted octanol–water partition coefficient (Wildman–Crippen LogP) is 13.9. The first-order chi connectivity index (χ1) is 27.5. The van der Waals surface area contributed by atoms with Gasteiger partial charge in [-0.25, -0.2) is 0 Å². The van der Waals surface area contributed by atoms with Gasteiger partial charge < -0.3 is 20.3 Å². The van der Waals surface area contributed by atoms with Crippen molar-refractivity contribution < 1.29 is 24.5 Å². The van der Waals surface area contributed by atoms with E-state index in [1.54, 1.807) is 6.08 Å². The van der Waals surface area contributed by atoms with Crippen LogP contribution in [0.3, 0.4) is 0 Å². The number of hydrogen-bond donors (Lipinski definition) is 3. The first kappa shape index (κ1) is 53.8. The highest BCUT2D eigenvalue weighted by atomic mass is 16.5. The van der Waals surface area contributed by atoms with Crippen LogP contribution in [0.15, 0.2) is 48.6 Å². The van der Waals surface area contributed by atoms with Crippen molar-refractivity contribution in [2.75, 3.05) is 13.2 Å². The summed E-state index contributed by atoms with van der Waals surface area (Å²) in [5.41, 5.74) is 0. The van der Waals surface area contributed by atoms with Crippen LogP contribution in [-0.2, 0) is 14.3 Å². The van der Waals surface area contributed by atoms with Crippen molar-refractivity contribution in [2.24, 2.45) is 0 Å². The van der Waals surface area contributed by atoms with E-state index in [2.05, 4.69) is 55.6 Å². The number of nitrogens with one attached hydrogen (secondary N) is 1. The van der Waals surface area contributed by atoms with E-state index in [0.717, 1.165) is 83.5 Å². The molecule has 0 aromatic carbocycles. The van der Waals surface area contributed by atoms with Crippen LogP contribution < -0.4 is 5.32 Å². The second-order valence-electron chi connectivity index (χ2n) is 16.1. The van der Waals surface area contributed by atoms with Crippen molar-refractivity contribution >= 4 is 11.9 Å². The van der Waals surface area contributed by atoms with Gasteiger partial charge in [0.15, 0.2) is 0 Å². The highest BCUT2D eigenvalue weighted by molar-refractivity contribution is 5.76. The Labute approximate surface area is 346 Å². The van der Waals surface area contributed by atoms with Crippen LogP contribution >= 0.6 is 0 Å². The maximum atomic E-state index is 12.4. The van der Waals surface area contributed by atoms with E-state index in [1.165, 1.54) is 122 Å². The molecule has 0 saturated heterocycles. The second-order valence-corrected chi connectivity index (χ2v) is 16.1. The summed E-state index contributed by atoms with van der Waals surface area (Å²) in [7, 11) is 0. The number of aliphatic hydroxyl groups is 2. The molecule has 0 rings (SSSR count). The van der Waals surface area contributed by atoms with Crippen LogP contribution in [0.1, 0.15) is 232 Å². The van der Waals surface area contributed by atoms with Gasteiger partial charge in [-0.05, 0) is 83.5 Å². The van der Waals surface area contributed by atoms with E-state index in [4.69, 9.17) is 4.74 Å². The molecule has 0 bridgehead atoms. The van der Waals surface area contributed by atoms with E-state index < -0.39 is 12.1 Å². The maximum Gasteiger partial charge on any atom is 0.305 e. The molecule has 326 valence electrons. The number of amides is 1. The van der Waals surface area contributed by atoms with Crippen LogP contribution in [0.4, 0.5) is 0 Å². The van der Waals surface area contributed by atoms with Gasteiger partial charge in [0.1, 0.15) is 0 Å². The lowest BCUT2D eigenvalue weighted by molar-refractivity contribution is -0.143. The number of carbonyl (C=O) groups excluding carboxylic acids is 2. The lowest BCUT2D eigenvalue weighted by Gasteiger charge is -2.19. The quantitative estimate of drug-likeness (QED) is 0.0325. The van der Waals surface area contributed by atoms with Crippen molar-refractivity contribution in [3.8, 4) is 0 Å². The summed E-state index contributed by atoms with van der Waals surface area (Å²) in [5.74, 6) is -0.132. The number of rotatable bonds is 43. The molecular formula is C50H91NO5. The van der Waals surface area contributed by atoms with Gasteiger partial charge in [0, 0.05) is 12.8 Å². The molecular weight excluding hydrogens is 695 g/mol. The SMILES string of the molecule is CCCC/C=C\C/C=C\CCCCCCCC(=O)OCCCCCCCC/C=C\CCCCCC(=O)NC(CO)C(O)/C=C/CCCCCCCCCCCC. The molecule has 2 unspecified atom stereocenters.